The lowest BCUT2D eigenvalue weighted by Crippen LogP contribution is -2.36. The number of quaternary nitrogens is 1. The summed E-state index contributed by atoms with van der Waals surface area (Å²) in [6, 6.07) is 9.53. The molecule has 164 valence electrons. The van der Waals surface area contributed by atoms with E-state index >= 15 is 0 Å². The summed E-state index contributed by atoms with van der Waals surface area (Å²) in [6.45, 7) is 1.82. The highest BCUT2D eigenvalue weighted by atomic mass is 16.3. The Morgan fingerprint density at radius 1 is 0.935 bits per heavy atom. The number of likely N-dealkylation sites (N-methyl/N-ethyl adjacent to an activating group) is 2. The fraction of sp³-hybridized carbons (Fsp3) is 0.360. The Bertz CT molecular complexity index is 1230. The van der Waals surface area contributed by atoms with Crippen molar-refractivity contribution >= 4 is 21.8 Å². The first kappa shape index (κ1) is 21.3. The molecule has 0 fully saturated rings. The van der Waals surface area contributed by atoms with E-state index in [0.29, 0.717) is 0 Å². The van der Waals surface area contributed by atoms with Crippen LogP contribution in [0.1, 0.15) is 11.1 Å². The molecule has 0 bridgehead atoms. The number of phenolic OH excluding ortho intramolecular Hbond substituents is 2. The third kappa shape index (κ3) is 4.13. The number of phenols is 2. The van der Waals surface area contributed by atoms with Crippen molar-refractivity contribution in [3.8, 4) is 22.8 Å². The van der Waals surface area contributed by atoms with Crippen LogP contribution in [0.4, 0.5) is 0 Å². The van der Waals surface area contributed by atoms with Crippen molar-refractivity contribution in [2.24, 2.45) is 0 Å². The zero-order chi connectivity index (χ0) is 22.3. The van der Waals surface area contributed by atoms with Gasteiger partial charge in [0.15, 0.2) is 0 Å². The molecule has 0 aliphatic carbocycles. The van der Waals surface area contributed by atoms with Crippen LogP contribution in [0, 0.1) is 0 Å². The van der Waals surface area contributed by atoms with Gasteiger partial charge in [-0.15, -0.1) is 0 Å². The van der Waals surface area contributed by atoms with Gasteiger partial charge in [0.1, 0.15) is 11.5 Å². The Hall–Kier alpha value is -2.96. The maximum Gasteiger partial charge on any atom is 0.134 e. The number of nitrogens with one attached hydrogen (secondary N) is 2. The third-order valence-corrected chi connectivity index (χ3v) is 5.94. The molecule has 0 aliphatic heterocycles. The zero-order valence-corrected chi connectivity index (χ0v) is 19.1. The number of hydrogen-bond donors (Lipinski definition) is 4. The first-order valence-electron chi connectivity index (χ1n) is 10.8. The minimum atomic E-state index is 0.269. The molecule has 0 aliphatic rings. The van der Waals surface area contributed by atoms with Crippen LogP contribution in [0.3, 0.4) is 0 Å². The molecule has 6 heteroatoms. The molecule has 4 aromatic rings. The standard InChI is InChI=1S/C25H32N4O2/c1-28(2)13-11-16-15-26-19-10-9-18(25(31)22(16)19)24-17(12-14-29(3,4)5)23-20(27-24)7-6-8-21(23)30/h6-10,15,26-27H,11-14H2,1-5H3,(H-,30,31)/p+1. The Morgan fingerprint density at radius 2 is 1.71 bits per heavy atom. The minimum Gasteiger partial charge on any atom is -0.507 e. The number of aromatic amines is 2. The van der Waals surface area contributed by atoms with E-state index in [1.54, 1.807) is 6.07 Å². The molecule has 0 radical (unpaired) electrons. The molecule has 2 heterocycles. The summed E-state index contributed by atoms with van der Waals surface area (Å²) < 4.78 is 0.817. The quantitative estimate of drug-likeness (QED) is 0.340. The molecule has 6 nitrogen and oxygen atoms in total. The molecule has 0 spiro atoms. The molecule has 0 atom stereocenters. The third-order valence-electron chi connectivity index (χ3n) is 5.94. The second-order valence-electron chi connectivity index (χ2n) is 9.69. The maximum atomic E-state index is 11.4. The smallest absolute Gasteiger partial charge is 0.134 e. The number of H-pyrrole nitrogens is 2. The van der Waals surface area contributed by atoms with Crippen molar-refractivity contribution < 1.29 is 14.7 Å². The lowest BCUT2D eigenvalue weighted by molar-refractivity contribution is -0.870. The van der Waals surface area contributed by atoms with Gasteiger partial charge in [-0.05, 0) is 55.9 Å². The Kier molecular flexibility index (Phi) is 5.45. The summed E-state index contributed by atoms with van der Waals surface area (Å²) in [5, 5.41) is 23.7. The first-order chi connectivity index (χ1) is 14.7. The van der Waals surface area contributed by atoms with E-state index in [-0.39, 0.29) is 11.5 Å². The highest BCUT2D eigenvalue weighted by Crippen LogP contribution is 2.42. The number of rotatable bonds is 7. The largest absolute Gasteiger partial charge is 0.507 e. The maximum absolute atomic E-state index is 11.4. The average molecular weight is 422 g/mol. The van der Waals surface area contributed by atoms with Gasteiger partial charge >= 0.3 is 0 Å². The number of fused-ring (bicyclic) bond motifs is 2. The molecule has 2 aromatic heterocycles. The molecule has 4 rings (SSSR count). The topological polar surface area (TPSA) is 75.3 Å². The van der Waals surface area contributed by atoms with E-state index in [0.717, 1.165) is 74.6 Å². The normalized spacial score (nSPS) is 12.5. The molecule has 0 saturated heterocycles. The molecule has 2 aromatic carbocycles. The lowest BCUT2D eigenvalue weighted by atomic mass is 9.98. The molecule has 0 unspecified atom stereocenters. The first-order valence-corrected chi connectivity index (χ1v) is 10.8. The van der Waals surface area contributed by atoms with Crippen molar-refractivity contribution in [3.63, 3.8) is 0 Å². The fourth-order valence-electron chi connectivity index (χ4n) is 4.24. The summed E-state index contributed by atoms with van der Waals surface area (Å²) >= 11 is 0. The van der Waals surface area contributed by atoms with Gasteiger partial charge < -0.3 is 29.6 Å². The molecular weight excluding hydrogens is 388 g/mol. The Labute approximate surface area is 183 Å². The molecule has 0 saturated carbocycles. The molecular formula is C25H33N4O2+. The van der Waals surface area contributed by atoms with Gasteiger partial charge in [0.2, 0.25) is 0 Å². The average Bonchev–Trinajstić information content (AvgIpc) is 3.27. The van der Waals surface area contributed by atoms with Crippen LogP contribution in [0.2, 0.25) is 0 Å². The number of benzene rings is 2. The highest BCUT2D eigenvalue weighted by Gasteiger charge is 2.22. The van der Waals surface area contributed by atoms with E-state index in [9.17, 15) is 10.2 Å². The van der Waals surface area contributed by atoms with E-state index in [2.05, 4.69) is 50.1 Å². The summed E-state index contributed by atoms with van der Waals surface area (Å²) in [6.07, 6.45) is 3.63. The van der Waals surface area contributed by atoms with Gasteiger partial charge in [-0.25, -0.2) is 0 Å². The second-order valence-corrected chi connectivity index (χ2v) is 9.69. The highest BCUT2D eigenvalue weighted by molar-refractivity contribution is 6.00. The molecule has 0 amide bonds. The van der Waals surface area contributed by atoms with Crippen LogP contribution in [-0.2, 0) is 12.8 Å². The number of aromatic hydroxyl groups is 2. The van der Waals surface area contributed by atoms with Gasteiger partial charge in [-0.3, -0.25) is 0 Å². The van der Waals surface area contributed by atoms with Crippen molar-refractivity contribution in [2.75, 3.05) is 48.3 Å². The Balaban J connectivity index is 1.89. The van der Waals surface area contributed by atoms with Gasteiger partial charge in [0.05, 0.1) is 33.4 Å². The van der Waals surface area contributed by atoms with E-state index in [1.807, 2.05) is 30.5 Å². The van der Waals surface area contributed by atoms with Gasteiger partial charge in [-0.1, -0.05) is 6.07 Å². The van der Waals surface area contributed by atoms with E-state index in [1.165, 1.54) is 0 Å². The Morgan fingerprint density at radius 3 is 2.42 bits per heavy atom. The monoisotopic (exact) mass is 421 g/mol. The predicted octanol–water partition coefficient (Wildman–Crippen LogP) is 4.08. The van der Waals surface area contributed by atoms with Crippen molar-refractivity contribution in [1.82, 2.24) is 14.9 Å². The SMILES string of the molecule is CN(C)CCc1c[nH]c2ccc(-c3[nH]c4cccc(O)c4c3CC[N+](C)(C)C)c(O)c12. The van der Waals surface area contributed by atoms with E-state index in [4.69, 9.17) is 0 Å². The number of hydrogen-bond acceptors (Lipinski definition) is 3. The predicted molar refractivity (Wildman–Crippen MR) is 128 cm³/mol. The van der Waals surface area contributed by atoms with Crippen molar-refractivity contribution in [2.45, 2.75) is 12.8 Å². The minimum absolute atomic E-state index is 0.269. The molecule has 31 heavy (non-hydrogen) atoms. The van der Waals surface area contributed by atoms with Crippen LogP contribution in [0.15, 0.2) is 36.5 Å². The summed E-state index contributed by atoms with van der Waals surface area (Å²) in [5.74, 6) is 0.551. The summed E-state index contributed by atoms with van der Waals surface area (Å²) in [5.41, 5.74) is 5.61. The van der Waals surface area contributed by atoms with Crippen LogP contribution < -0.4 is 0 Å². The van der Waals surface area contributed by atoms with Crippen LogP contribution in [0.25, 0.3) is 33.1 Å². The van der Waals surface area contributed by atoms with Crippen LogP contribution >= 0.6 is 0 Å². The second kappa shape index (κ2) is 7.94. The van der Waals surface area contributed by atoms with E-state index < -0.39 is 0 Å². The van der Waals surface area contributed by atoms with Gasteiger partial charge in [0, 0.05) is 46.5 Å². The lowest BCUT2D eigenvalue weighted by Gasteiger charge is -2.24. The van der Waals surface area contributed by atoms with Crippen molar-refractivity contribution in [1.29, 1.82) is 0 Å². The zero-order valence-electron chi connectivity index (χ0n) is 19.1. The van der Waals surface area contributed by atoms with Crippen LogP contribution in [-0.4, -0.2) is 77.9 Å². The molecule has 4 N–H and O–H groups in total. The number of aromatic nitrogens is 2. The van der Waals surface area contributed by atoms with Crippen LogP contribution in [0.5, 0.6) is 11.5 Å². The fourth-order valence-corrected chi connectivity index (χ4v) is 4.24. The van der Waals surface area contributed by atoms with Crippen molar-refractivity contribution in [3.05, 3.63) is 47.7 Å². The number of nitrogens with zero attached hydrogens (tertiary/aromatic N) is 2. The summed E-state index contributed by atoms with van der Waals surface area (Å²) in [7, 11) is 10.6. The van der Waals surface area contributed by atoms with Gasteiger partial charge in [0.25, 0.3) is 0 Å². The van der Waals surface area contributed by atoms with Gasteiger partial charge in [-0.2, -0.15) is 0 Å². The summed E-state index contributed by atoms with van der Waals surface area (Å²) in [4.78, 5) is 8.92.